The Bertz CT molecular complexity index is 1000. The molecular weight excluding hydrogens is 368 g/mol. The third kappa shape index (κ3) is 4.11. The van der Waals surface area contributed by atoms with E-state index in [2.05, 4.69) is 15.4 Å². The summed E-state index contributed by atoms with van der Waals surface area (Å²) in [6.45, 7) is 4.47. The zero-order valence-electron chi connectivity index (χ0n) is 16.2. The van der Waals surface area contributed by atoms with E-state index >= 15 is 0 Å². The van der Waals surface area contributed by atoms with Gasteiger partial charge < -0.3 is 10.2 Å². The molecule has 0 saturated carbocycles. The first-order valence-corrected chi connectivity index (χ1v) is 9.55. The summed E-state index contributed by atoms with van der Waals surface area (Å²) in [4.78, 5) is 32.8. The highest BCUT2D eigenvalue weighted by Gasteiger charge is 2.30. The fourth-order valence-electron chi connectivity index (χ4n) is 3.22. The molecule has 3 aromatic rings. The fraction of sp³-hybridized carbons (Fsp3) is 0.238. The van der Waals surface area contributed by atoms with Crippen molar-refractivity contribution < 1.29 is 9.59 Å². The summed E-state index contributed by atoms with van der Waals surface area (Å²) in [7, 11) is 0. The molecule has 1 N–H and O–H groups in total. The van der Waals surface area contributed by atoms with Crippen molar-refractivity contribution in [1.29, 1.82) is 0 Å². The van der Waals surface area contributed by atoms with E-state index in [1.165, 1.54) is 0 Å². The van der Waals surface area contributed by atoms with Gasteiger partial charge in [-0.15, -0.1) is 0 Å². The number of anilines is 2. The van der Waals surface area contributed by atoms with Crippen molar-refractivity contribution in [3.05, 3.63) is 72.2 Å². The van der Waals surface area contributed by atoms with Gasteiger partial charge in [0.15, 0.2) is 5.69 Å². The Balaban J connectivity index is 1.39. The Morgan fingerprint density at radius 2 is 1.93 bits per heavy atom. The first kappa shape index (κ1) is 18.7. The second kappa shape index (κ2) is 8.14. The Kier molecular flexibility index (Phi) is 5.24. The highest BCUT2D eigenvalue weighted by atomic mass is 16.2. The molecule has 0 radical (unpaired) electrons. The first-order valence-electron chi connectivity index (χ1n) is 9.55. The van der Waals surface area contributed by atoms with Crippen LogP contribution in [0, 0.1) is 0 Å². The van der Waals surface area contributed by atoms with Gasteiger partial charge in [-0.1, -0.05) is 30.3 Å². The summed E-state index contributed by atoms with van der Waals surface area (Å²) in [6.07, 6.45) is 3.31. The summed E-state index contributed by atoms with van der Waals surface area (Å²) in [5.41, 5.74) is 2.00. The van der Waals surface area contributed by atoms with Crippen molar-refractivity contribution in [2.24, 2.45) is 0 Å². The SMILES string of the molecule is CCn1ccc(C(=O)Nc2ccc(N3CCN(Cc4ccccc4)C3=O)nc2)n1. The summed E-state index contributed by atoms with van der Waals surface area (Å²) in [5.74, 6) is 0.275. The number of rotatable bonds is 6. The number of carbonyl (C=O) groups excluding carboxylic acids is 2. The number of nitrogens with one attached hydrogen (secondary N) is 1. The van der Waals surface area contributed by atoms with Gasteiger partial charge in [0.1, 0.15) is 5.82 Å². The van der Waals surface area contributed by atoms with Crippen LogP contribution in [0.2, 0.25) is 0 Å². The van der Waals surface area contributed by atoms with Crippen LogP contribution in [0.25, 0.3) is 0 Å². The van der Waals surface area contributed by atoms with Crippen LogP contribution in [-0.4, -0.2) is 44.7 Å². The Morgan fingerprint density at radius 3 is 2.62 bits per heavy atom. The topological polar surface area (TPSA) is 83.4 Å². The van der Waals surface area contributed by atoms with Crippen molar-refractivity contribution in [2.45, 2.75) is 20.0 Å². The number of urea groups is 1. The van der Waals surface area contributed by atoms with E-state index in [0.29, 0.717) is 43.4 Å². The monoisotopic (exact) mass is 390 g/mol. The number of aryl methyl sites for hydroxylation is 1. The van der Waals surface area contributed by atoms with Crippen molar-refractivity contribution in [3.8, 4) is 0 Å². The van der Waals surface area contributed by atoms with Crippen molar-refractivity contribution in [3.63, 3.8) is 0 Å². The third-order valence-corrected chi connectivity index (χ3v) is 4.79. The quantitative estimate of drug-likeness (QED) is 0.701. The van der Waals surface area contributed by atoms with Crippen LogP contribution in [0.15, 0.2) is 60.9 Å². The smallest absolute Gasteiger partial charge is 0.319 e. The lowest BCUT2D eigenvalue weighted by Crippen LogP contribution is -2.31. The normalized spacial score (nSPS) is 13.8. The van der Waals surface area contributed by atoms with Crippen LogP contribution in [0.1, 0.15) is 23.0 Å². The zero-order valence-corrected chi connectivity index (χ0v) is 16.2. The van der Waals surface area contributed by atoms with Crippen molar-refractivity contribution >= 4 is 23.4 Å². The number of amides is 3. The molecule has 8 nitrogen and oxygen atoms in total. The molecule has 1 fully saturated rings. The van der Waals surface area contributed by atoms with E-state index in [9.17, 15) is 9.59 Å². The molecule has 0 atom stereocenters. The lowest BCUT2D eigenvalue weighted by atomic mass is 10.2. The van der Waals surface area contributed by atoms with Crippen LogP contribution in [0.5, 0.6) is 0 Å². The Morgan fingerprint density at radius 1 is 1.10 bits per heavy atom. The summed E-state index contributed by atoms with van der Waals surface area (Å²) < 4.78 is 1.69. The number of pyridine rings is 1. The van der Waals surface area contributed by atoms with Crippen molar-refractivity contribution in [1.82, 2.24) is 19.7 Å². The fourth-order valence-corrected chi connectivity index (χ4v) is 3.22. The van der Waals surface area contributed by atoms with E-state index in [1.807, 2.05) is 37.3 Å². The van der Waals surface area contributed by atoms with Gasteiger partial charge in [0.2, 0.25) is 0 Å². The second-order valence-electron chi connectivity index (χ2n) is 6.76. The highest BCUT2D eigenvalue weighted by Crippen LogP contribution is 2.21. The number of nitrogens with zero attached hydrogens (tertiary/aromatic N) is 5. The average Bonchev–Trinajstić information content (AvgIpc) is 3.37. The lowest BCUT2D eigenvalue weighted by Gasteiger charge is -2.18. The van der Waals surface area contributed by atoms with E-state index in [0.717, 1.165) is 5.56 Å². The first-order chi connectivity index (χ1) is 14.1. The number of benzene rings is 1. The van der Waals surface area contributed by atoms with Gasteiger partial charge in [-0.2, -0.15) is 5.10 Å². The van der Waals surface area contributed by atoms with Crippen LogP contribution in [0.4, 0.5) is 16.3 Å². The molecule has 2 aromatic heterocycles. The van der Waals surface area contributed by atoms with E-state index < -0.39 is 0 Å². The third-order valence-electron chi connectivity index (χ3n) is 4.79. The molecular formula is C21H22N6O2. The largest absolute Gasteiger partial charge is 0.326 e. The van der Waals surface area contributed by atoms with E-state index in [4.69, 9.17) is 0 Å². The molecule has 4 rings (SSSR count). The van der Waals surface area contributed by atoms with Crippen LogP contribution >= 0.6 is 0 Å². The minimum atomic E-state index is -0.293. The van der Waals surface area contributed by atoms with Crippen LogP contribution in [0.3, 0.4) is 0 Å². The standard InChI is InChI=1S/C21H22N6O2/c1-2-26-11-10-18(24-26)20(28)23-17-8-9-19(22-14-17)27-13-12-25(21(27)29)15-16-6-4-3-5-7-16/h3-11,14H,2,12-13,15H2,1H3,(H,23,28). The Hall–Kier alpha value is -3.68. The molecule has 1 aliphatic rings. The van der Waals surface area contributed by atoms with Gasteiger partial charge in [-0.3, -0.25) is 14.4 Å². The lowest BCUT2D eigenvalue weighted by molar-refractivity contribution is 0.102. The number of hydrogen-bond acceptors (Lipinski definition) is 4. The predicted molar refractivity (Wildman–Crippen MR) is 110 cm³/mol. The second-order valence-corrected chi connectivity index (χ2v) is 6.76. The summed E-state index contributed by atoms with van der Waals surface area (Å²) >= 11 is 0. The molecule has 3 amide bonds. The predicted octanol–water partition coefficient (Wildman–Crippen LogP) is 2.99. The maximum atomic E-state index is 12.7. The molecule has 8 heteroatoms. The van der Waals surface area contributed by atoms with E-state index in [1.54, 1.807) is 45.1 Å². The van der Waals surface area contributed by atoms with E-state index in [-0.39, 0.29) is 11.9 Å². The highest BCUT2D eigenvalue weighted by molar-refractivity contribution is 6.02. The van der Waals surface area contributed by atoms with Crippen LogP contribution < -0.4 is 10.2 Å². The maximum absolute atomic E-state index is 12.7. The van der Waals surface area contributed by atoms with Gasteiger partial charge in [-0.05, 0) is 30.7 Å². The van der Waals surface area contributed by atoms with Crippen LogP contribution in [-0.2, 0) is 13.1 Å². The molecule has 0 bridgehead atoms. The molecule has 148 valence electrons. The Labute approximate surface area is 168 Å². The number of hydrogen-bond donors (Lipinski definition) is 1. The minimum absolute atomic E-state index is 0.0664. The van der Waals surface area contributed by atoms with Gasteiger partial charge >= 0.3 is 6.03 Å². The number of carbonyl (C=O) groups is 2. The number of aromatic nitrogens is 3. The minimum Gasteiger partial charge on any atom is -0.319 e. The van der Waals surface area contributed by atoms with Gasteiger partial charge in [0, 0.05) is 32.4 Å². The molecule has 29 heavy (non-hydrogen) atoms. The molecule has 0 aliphatic carbocycles. The van der Waals surface area contributed by atoms with Gasteiger partial charge in [0.25, 0.3) is 5.91 Å². The molecule has 1 saturated heterocycles. The van der Waals surface area contributed by atoms with Crippen molar-refractivity contribution in [2.75, 3.05) is 23.3 Å². The van der Waals surface area contributed by atoms with Gasteiger partial charge in [0.05, 0.1) is 11.9 Å². The van der Waals surface area contributed by atoms with Gasteiger partial charge in [-0.25, -0.2) is 9.78 Å². The summed E-state index contributed by atoms with van der Waals surface area (Å²) in [5, 5.41) is 6.96. The molecule has 0 unspecified atom stereocenters. The maximum Gasteiger partial charge on any atom is 0.326 e. The molecule has 1 aromatic carbocycles. The summed E-state index contributed by atoms with van der Waals surface area (Å²) in [6, 6.07) is 15.0. The molecule has 0 spiro atoms. The molecule has 3 heterocycles. The average molecular weight is 390 g/mol. The molecule has 1 aliphatic heterocycles. The zero-order chi connectivity index (χ0) is 20.2.